The highest BCUT2D eigenvalue weighted by Crippen LogP contribution is 2.15. The van der Waals surface area contributed by atoms with Crippen LogP contribution in [0.1, 0.15) is 43.8 Å². The van der Waals surface area contributed by atoms with Crippen LogP contribution in [-0.4, -0.2) is 36.0 Å². The molecule has 1 aromatic carbocycles. The van der Waals surface area contributed by atoms with Gasteiger partial charge in [0.1, 0.15) is 12.4 Å². The maximum Gasteiger partial charge on any atom is 0.287 e. The van der Waals surface area contributed by atoms with E-state index in [1.807, 2.05) is 30.3 Å². The summed E-state index contributed by atoms with van der Waals surface area (Å²) in [5, 5.41) is 2.93. The van der Waals surface area contributed by atoms with E-state index in [4.69, 9.17) is 9.15 Å². The number of rotatable bonds is 9. The predicted octanol–water partition coefficient (Wildman–Crippen LogP) is 3.71. The van der Waals surface area contributed by atoms with Crippen LogP contribution in [0.3, 0.4) is 0 Å². The summed E-state index contributed by atoms with van der Waals surface area (Å²) in [5.74, 6) is 0.875. The van der Waals surface area contributed by atoms with Crippen LogP contribution in [0.15, 0.2) is 47.1 Å². The Kier molecular flexibility index (Phi) is 7.07. The SMILES string of the molecule is CC(C)N(CCNC(=O)c1occc1COc1ccccc1)C(C)C. The van der Waals surface area contributed by atoms with E-state index in [1.54, 1.807) is 6.07 Å². The van der Waals surface area contributed by atoms with E-state index in [9.17, 15) is 4.79 Å². The van der Waals surface area contributed by atoms with Crippen LogP contribution in [-0.2, 0) is 6.61 Å². The molecule has 2 rings (SSSR count). The summed E-state index contributed by atoms with van der Waals surface area (Å²) in [7, 11) is 0. The van der Waals surface area contributed by atoms with Crippen LogP contribution in [0, 0.1) is 0 Å². The van der Waals surface area contributed by atoms with Crippen molar-refractivity contribution in [3.8, 4) is 5.75 Å². The molecule has 0 saturated heterocycles. The van der Waals surface area contributed by atoms with E-state index in [0.29, 0.717) is 31.0 Å². The standard InChI is InChI=1S/C20H28N2O3/c1-15(2)22(16(3)4)12-11-21-20(23)19-17(10-13-24-19)14-25-18-8-6-5-7-9-18/h5-10,13,15-16H,11-12,14H2,1-4H3,(H,21,23). The molecule has 0 spiro atoms. The summed E-state index contributed by atoms with van der Waals surface area (Å²) < 4.78 is 11.1. The summed E-state index contributed by atoms with van der Waals surface area (Å²) in [5.41, 5.74) is 0.742. The lowest BCUT2D eigenvalue weighted by atomic mass is 10.2. The van der Waals surface area contributed by atoms with E-state index in [1.165, 1.54) is 6.26 Å². The molecule has 0 saturated carbocycles. The fourth-order valence-corrected chi connectivity index (χ4v) is 2.82. The smallest absolute Gasteiger partial charge is 0.287 e. The third kappa shape index (κ3) is 5.64. The second kappa shape index (κ2) is 9.28. The van der Waals surface area contributed by atoms with Gasteiger partial charge in [0, 0.05) is 30.7 Å². The molecule has 1 N–H and O–H groups in total. The van der Waals surface area contributed by atoms with Gasteiger partial charge >= 0.3 is 0 Å². The molecular formula is C20H28N2O3. The van der Waals surface area contributed by atoms with Crippen LogP contribution in [0.2, 0.25) is 0 Å². The van der Waals surface area contributed by atoms with Gasteiger partial charge in [0.15, 0.2) is 5.76 Å². The van der Waals surface area contributed by atoms with Crippen molar-refractivity contribution in [3.63, 3.8) is 0 Å². The first-order chi connectivity index (χ1) is 12.0. The molecule has 0 aliphatic heterocycles. The van der Waals surface area contributed by atoms with Crippen molar-refractivity contribution in [2.24, 2.45) is 0 Å². The Morgan fingerprint density at radius 2 is 1.80 bits per heavy atom. The van der Waals surface area contributed by atoms with Crippen molar-refractivity contribution < 1.29 is 13.9 Å². The molecule has 5 nitrogen and oxygen atoms in total. The van der Waals surface area contributed by atoms with E-state index in [2.05, 4.69) is 37.9 Å². The molecule has 5 heteroatoms. The molecule has 1 aromatic heterocycles. The Labute approximate surface area is 150 Å². The quantitative estimate of drug-likeness (QED) is 0.753. The van der Waals surface area contributed by atoms with Crippen LogP contribution >= 0.6 is 0 Å². The largest absolute Gasteiger partial charge is 0.489 e. The van der Waals surface area contributed by atoms with Gasteiger partial charge in [-0.05, 0) is 45.9 Å². The zero-order chi connectivity index (χ0) is 18.2. The summed E-state index contributed by atoms with van der Waals surface area (Å²) in [4.78, 5) is 14.7. The maximum absolute atomic E-state index is 12.4. The van der Waals surface area contributed by atoms with Gasteiger partial charge in [0.25, 0.3) is 5.91 Å². The number of hydrogen-bond acceptors (Lipinski definition) is 4. The molecule has 0 fully saturated rings. The number of amides is 1. The second-order valence-corrected chi connectivity index (χ2v) is 6.56. The molecule has 2 aromatic rings. The van der Waals surface area contributed by atoms with Gasteiger partial charge in [-0.15, -0.1) is 0 Å². The fourth-order valence-electron chi connectivity index (χ4n) is 2.82. The highest BCUT2D eigenvalue weighted by Gasteiger charge is 2.17. The normalized spacial score (nSPS) is 11.3. The highest BCUT2D eigenvalue weighted by atomic mass is 16.5. The van der Waals surface area contributed by atoms with Gasteiger partial charge in [-0.3, -0.25) is 9.69 Å². The summed E-state index contributed by atoms with van der Waals surface area (Å²) >= 11 is 0. The van der Waals surface area contributed by atoms with Gasteiger partial charge < -0.3 is 14.5 Å². The molecule has 1 heterocycles. The fraction of sp³-hybridized carbons (Fsp3) is 0.450. The lowest BCUT2D eigenvalue weighted by Gasteiger charge is -2.30. The highest BCUT2D eigenvalue weighted by molar-refractivity contribution is 5.92. The number of hydrogen-bond donors (Lipinski definition) is 1. The number of nitrogens with one attached hydrogen (secondary N) is 1. The van der Waals surface area contributed by atoms with Crippen molar-refractivity contribution in [1.82, 2.24) is 10.2 Å². The van der Waals surface area contributed by atoms with Gasteiger partial charge in [-0.2, -0.15) is 0 Å². The van der Waals surface area contributed by atoms with Crippen molar-refractivity contribution in [1.29, 1.82) is 0 Å². The average molecular weight is 344 g/mol. The number of carbonyl (C=O) groups excluding carboxylic acids is 1. The average Bonchev–Trinajstić information content (AvgIpc) is 3.05. The minimum absolute atomic E-state index is 0.205. The molecule has 0 aliphatic carbocycles. The van der Waals surface area contributed by atoms with Gasteiger partial charge in [-0.1, -0.05) is 18.2 Å². The first kappa shape index (κ1) is 19.1. The van der Waals surface area contributed by atoms with Gasteiger partial charge in [0.05, 0.1) is 6.26 Å². The minimum Gasteiger partial charge on any atom is -0.489 e. The second-order valence-electron chi connectivity index (χ2n) is 6.56. The zero-order valence-electron chi connectivity index (χ0n) is 15.5. The number of para-hydroxylation sites is 1. The molecular weight excluding hydrogens is 316 g/mol. The van der Waals surface area contributed by atoms with Gasteiger partial charge in [-0.25, -0.2) is 0 Å². The van der Waals surface area contributed by atoms with Crippen LogP contribution in [0.5, 0.6) is 5.75 Å². The Hall–Kier alpha value is -2.27. The van der Waals surface area contributed by atoms with Crippen molar-refractivity contribution in [3.05, 3.63) is 54.0 Å². The Balaban J connectivity index is 1.87. The molecule has 0 aliphatic rings. The predicted molar refractivity (Wildman–Crippen MR) is 98.8 cm³/mol. The number of nitrogens with zero attached hydrogens (tertiary/aromatic N) is 1. The first-order valence-corrected chi connectivity index (χ1v) is 8.77. The molecule has 1 amide bonds. The maximum atomic E-state index is 12.4. The zero-order valence-corrected chi connectivity index (χ0v) is 15.5. The van der Waals surface area contributed by atoms with E-state index < -0.39 is 0 Å². The molecule has 136 valence electrons. The molecule has 0 bridgehead atoms. The number of ether oxygens (including phenoxy) is 1. The Morgan fingerprint density at radius 1 is 1.12 bits per heavy atom. The number of benzene rings is 1. The molecule has 0 radical (unpaired) electrons. The van der Waals surface area contributed by atoms with Crippen LogP contribution in [0.25, 0.3) is 0 Å². The summed E-state index contributed by atoms with van der Waals surface area (Å²) in [6, 6.07) is 12.2. The lowest BCUT2D eigenvalue weighted by Crippen LogP contribution is -2.42. The third-order valence-electron chi connectivity index (χ3n) is 4.07. The van der Waals surface area contributed by atoms with E-state index >= 15 is 0 Å². The first-order valence-electron chi connectivity index (χ1n) is 8.77. The molecule has 0 atom stereocenters. The Morgan fingerprint density at radius 3 is 2.44 bits per heavy atom. The summed E-state index contributed by atoms with van der Waals surface area (Å²) in [6.07, 6.45) is 1.52. The van der Waals surface area contributed by atoms with E-state index in [-0.39, 0.29) is 5.91 Å². The monoisotopic (exact) mass is 344 g/mol. The molecule has 25 heavy (non-hydrogen) atoms. The van der Waals surface area contributed by atoms with Crippen molar-refractivity contribution in [2.45, 2.75) is 46.4 Å². The van der Waals surface area contributed by atoms with Crippen molar-refractivity contribution in [2.75, 3.05) is 13.1 Å². The summed E-state index contributed by atoms with van der Waals surface area (Å²) in [6.45, 7) is 10.3. The van der Waals surface area contributed by atoms with Crippen LogP contribution < -0.4 is 10.1 Å². The van der Waals surface area contributed by atoms with Gasteiger partial charge in [0.2, 0.25) is 0 Å². The third-order valence-corrected chi connectivity index (χ3v) is 4.07. The van der Waals surface area contributed by atoms with Crippen molar-refractivity contribution >= 4 is 5.91 Å². The van der Waals surface area contributed by atoms with E-state index in [0.717, 1.165) is 17.9 Å². The Bertz CT molecular complexity index is 642. The molecule has 0 unspecified atom stereocenters. The number of carbonyl (C=O) groups is 1. The topological polar surface area (TPSA) is 54.7 Å². The number of furan rings is 1. The van der Waals surface area contributed by atoms with Crippen LogP contribution in [0.4, 0.5) is 0 Å². The lowest BCUT2D eigenvalue weighted by molar-refractivity contribution is 0.0908. The minimum atomic E-state index is -0.205.